The number of rotatable bonds is 7. The molecule has 0 aromatic heterocycles. The van der Waals surface area contributed by atoms with E-state index in [0.29, 0.717) is 16.3 Å². The molecule has 0 aliphatic carbocycles. The van der Waals surface area contributed by atoms with Crippen LogP contribution in [-0.4, -0.2) is 28.7 Å². The molecule has 0 aliphatic heterocycles. The third-order valence-electron chi connectivity index (χ3n) is 4.46. The van der Waals surface area contributed by atoms with Gasteiger partial charge in [0.1, 0.15) is 0 Å². The zero-order valence-corrected chi connectivity index (χ0v) is 17.5. The van der Waals surface area contributed by atoms with Gasteiger partial charge in [-0.25, -0.2) is 4.79 Å². The van der Waals surface area contributed by atoms with Crippen molar-refractivity contribution in [3.05, 3.63) is 105 Å². The number of hydrogen-bond acceptors (Lipinski definition) is 6. The maximum Gasteiger partial charge on any atom is 0.338 e. The van der Waals surface area contributed by atoms with E-state index in [1.807, 2.05) is 0 Å². The quantitative estimate of drug-likeness (QED) is 0.235. The molecule has 0 radical (unpaired) electrons. The second-order valence-electron chi connectivity index (χ2n) is 6.76. The van der Waals surface area contributed by atoms with Crippen LogP contribution in [0.25, 0.3) is 0 Å². The summed E-state index contributed by atoms with van der Waals surface area (Å²) in [5.41, 5.74) is 0.815. The average molecular weight is 453 g/mol. The number of benzene rings is 3. The van der Waals surface area contributed by atoms with Crippen molar-refractivity contribution in [1.82, 2.24) is 0 Å². The number of halogens is 1. The molecule has 0 bridgehead atoms. The second kappa shape index (κ2) is 9.84. The minimum atomic E-state index is -1.02. The number of non-ortho nitro benzene ring substituents is 1. The first kappa shape index (κ1) is 22.6. The summed E-state index contributed by atoms with van der Waals surface area (Å²) < 4.78 is 5.24. The number of carbonyl (C=O) groups is 3. The fourth-order valence-corrected chi connectivity index (χ4v) is 3.00. The maximum atomic E-state index is 12.4. The van der Waals surface area contributed by atoms with Crippen molar-refractivity contribution >= 4 is 40.6 Å². The molecule has 3 aromatic carbocycles. The van der Waals surface area contributed by atoms with Crippen molar-refractivity contribution in [3.63, 3.8) is 0 Å². The number of amides is 1. The number of nitrogens with one attached hydrogen (secondary N) is 1. The van der Waals surface area contributed by atoms with Gasteiger partial charge in [-0.05, 0) is 49.4 Å². The number of nitrogens with zero attached hydrogens (tertiary/aromatic N) is 1. The zero-order valence-electron chi connectivity index (χ0n) is 16.8. The molecule has 0 saturated carbocycles. The lowest BCUT2D eigenvalue weighted by Gasteiger charge is -2.13. The smallest absolute Gasteiger partial charge is 0.338 e. The van der Waals surface area contributed by atoms with E-state index in [1.54, 1.807) is 18.2 Å². The van der Waals surface area contributed by atoms with Crippen LogP contribution < -0.4 is 5.32 Å². The van der Waals surface area contributed by atoms with E-state index < -0.39 is 22.9 Å². The predicted octanol–water partition coefficient (Wildman–Crippen LogP) is 4.93. The third-order valence-corrected chi connectivity index (χ3v) is 4.69. The van der Waals surface area contributed by atoms with E-state index >= 15 is 0 Å². The Morgan fingerprint density at radius 3 is 2.25 bits per heavy atom. The number of ketones is 1. The number of hydrogen-bond donors (Lipinski definition) is 1. The van der Waals surface area contributed by atoms with Crippen molar-refractivity contribution in [2.24, 2.45) is 0 Å². The lowest BCUT2D eigenvalue weighted by molar-refractivity contribution is -0.384. The first-order valence-electron chi connectivity index (χ1n) is 9.41. The van der Waals surface area contributed by atoms with Gasteiger partial charge >= 0.3 is 5.97 Å². The van der Waals surface area contributed by atoms with Crippen molar-refractivity contribution in [2.45, 2.75) is 13.0 Å². The molecule has 0 spiro atoms. The highest BCUT2D eigenvalue weighted by molar-refractivity contribution is 6.31. The van der Waals surface area contributed by atoms with Gasteiger partial charge < -0.3 is 10.1 Å². The number of esters is 1. The molecule has 3 rings (SSSR count). The molecule has 0 unspecified atom stereocenters. The summed E-state index contributed by atoms with van der Waals surface area (Å²) >= 11 is 5.89. The summed E-state index contributed by atoms with van der Waals surface area (Å²) in [5.74, 6) is -1.63. The number of carbonyl (C=O) groups excluding carboxylic acids is 3. The normalized spacial score (nSPS) is 11.3. The Morgan fingerprint density at radius 2 is 1.59 bits per heavy atom. The predicted molar refractivity (Wildman–Crippen MR) is 118 cm³/mol. The Hall–Kier alpha value is -4.04. The number of anilines is 1. The van der Waals surface area contributed by atoms with Crippen molar-refractivity contribution in [2.75, 3.05) is 5.32 Å². The molecule has 0 aliphatic rings. The summed E-state index contributed by atoms with van der Waals surface area (Å²) in [7, 11) is 0. The SMILES string of the molecule is C[C@H](OC(=O)c1ccc(NC(=O)c2cccc([N+](=O)[O-])c2)cc1)C(=O)c1cccc(Cl)c1. The number of nitro benzene ring substituents is 1. The highest BCUT2D eigenvalue weighted by atomic mass is 35.5. The van der Waals surface area contributed by atoms with E-state index in [0.717, 1.165) is 0 Å². The first-order valence-corrected chi connectivity index (χ1v) is 9.79. The first-order chi connectivity index (χ1) is 15.2. The molecule has 0 heterocycles. The van der Waals surface area contributed by atoms with Crippen molar-refractivity contribution in [1.29, 1.82) is 0 Å². The van der Waals surface area contributed by atoms with Crippen LogP contribution in [-0.2, 0) is 4.74 Å². The Labute approximate surface area is 187 Å². The molecule has 8 nitrogen and oxygen atoms in total. The Bertz CT molecular complexity index is 1190. The van der Waals surface area contributed by atoms with E-state index in [2.05, 4.69) is 5.32 Å². The summed E-state index contributed by atoms with van der Waals surface area (Å²) in [6.45, 7) is 1.47. The van der Waals surface area contributed by atoms with Crippen LogP contribution in [0, 0.1) is 10.1 Å². The van der Waals surface area contributed by atoms with Gasteiger partial charge in [-0.3, -0.25) is 19.7 Å². The van der Waals surface area contributed by atoms with Gasteiger partial charge in [0.2, 0.25) is 5.78 Å². The lowest BCUT2D eigenvalue weighted by Crippen LogP contribution is -2.24. The van der Waals surface area contributed by atoms with Crippen LogP contribution in [0.2, 0.25) is 5.02 Å². The number of ether oxygens (including phenoxy) is 1. The summed E-state index contributed by atoms with van der Waals surface area (Å²) in [4.78, 5) is 47.4. The second-order valence-corrected chi connectivity index (χ2v) is 7.20. The molecule has 1 N–H and O–H groups in total. The van der Waals surface area contributed by atoms with Crippen LogP contribution in [0.1, 0.15) is 38.0 Å². The largest absolute Gasteiger partial charge is 0.451 e. The Kier molecular flexibility index (Phi) is 6.97. The summed E-state index contributed by atoms with van der Waals surface area (Å²) in [5, 5.41) is 13.8. The summed E-state index contributed by atoms with van der Waals surface area (Å²) in [6, 6.07) is 17.5. The van der Waals surface area contributed by atoms with Crippen LogP contribution in [0.5, 0.6) is 0 Å². The van der Waals surface area contributed by atoms with Crippen molar-refractivity contribution < 1.29 is 24.0 Å². The number of Topliss-reactive ketones (excluding diaryl/α,β-unsaturated/α-hetero) is 1. The lowest BCUT2D eigenvalue weighted by atomic mass is 10.1. The molecule has 0 saturated heterocycles. The van der Waals surface area contributed by atoms with Crippen LogP contribution >= 0.6 is 11.6 Å². The molecule has 0 fully saturated rings. The minimum absolute atomic E-state index is 0.121. The standard InChI is InChI=1S/C23H17ClN2O6/c1-14(21(27)16-4-2-6-18(24)12-16)32-23(29)15-8-10-19(11-9-15)25-22(28)17-5-3-7-20(13-17)26(30)31/h2-14H,1H3,(H,25,28)/t14-/m0/s1. The molecule has 1 amide bonds. The highest BCUT2D eigenvalue weighted by Crippen LogP contribution is 2.18. The van der Waals surface area contributed by atoms with Gasteiger partial charge in [-0.15, -0.1) is 0 Å². The molecule has 162 valence electrons. The van der Waals surface area contributed by atoms with Gasteiger partial charge in [-0.2, -0.15) is 0 Å². The molecule has 32 heavy (non-hydrogen) atoms. The van der Waals surface area contributed by atoms with Crippen LogP contribution in [0.4, 0.5) is 11.4 Å². The third kappa shape index (κ3) is 5.55. The van der Waals surface area contributed by atoms with E-state index in [1.165, 1.54) is 61.5 Å². The molecule has 3 aromatic rings. The molecule has 1 atom stereocenters. The highest BCUT2D eigenvalue weighted by Gasteiger charge is 2.21. The molecule has 9 heteroatoms. The van der Waals surface area contributed by atoms with Gasteiger partial charge in [0.25, 0.3) is 11.6 Å². The van der Waals surface area contributed by atoms with E-state index in [-0.39, 0.29) is 22.6 Å². The Balaban J connectivity index is 1.63. The fraction of sp³-hybridized carbons (Fsp3) is 0.0870. The van der Waals surface area contributed by atoms with Gasteiger partial charge in [0.05, 0.1) is 10.5 Å². The molecular formula is C23H17ClN2O6. The van der Waals surface area contributed by atoms with Gasteiger partial charge in [-0.1, -0.05) is 29.8 Å². The van der Waals surface area contributed by atoms with Gasteiger partial charge in [0, 0.05) is 34.0 Å². The maximum absolute atomic E-state index is 12.4. The van der Waals surface area contributed by atoms with Crippen molar-refractivity contribution in [3.8, 4) is 0 Å². The van der Waals surface area contributed by atoms with E-state index in [4.69, 9.17) is 16.3 Å². The minimum Gasteiger partial charge on any atom is -0.451 e. The van der Waals surface area contributed by atoms with Crippen LogP contribution in [0.15, 0.2) is 72.8 Å². The Morgan fingerprint density at radius 1 is 0.938 bits per heavy atom. The fourth-order valence-electron chi connectivity index (χ4n) is 2.81. The van der Waals surface area contributed by atoms with Gasteiger partial charge in [0.15, 0.2) is 6.10 Å². The average Bonchev–Trinajstić information content (AvgIpc) is 2.79. The zero-order chi connectivity index (χ0) is 23.3. The molecular weight excluding hydrogens is 436 g/mol. The summed E-state index contributed by atoms with van der Waals surface area (Å²) in [6.07, 6.45) is -1.02. The monoisotopic (exact) mass is 452 g/mol. The van der Waals surface area contributed by atoms with E-state index in [9.17, 15) is 24.5 Å². The topological polar surface area (TPSA) is 116 Å². The van der Waals surface area contributed by atoms with Crippen LogP contribution in [0.3, 0.4) is 0 Å². The number of nitro groups is 1.